The number of hydrogen-bond donors (Lipinski definition) is 3. The number of carbonyl (C=O) groups excluding carboxylic acids is 1. The summed E-state index contributed by atoms with van der Waals surface area (Å²) in [6, 6.07) is 18.5. The summed E-state index contributed by atoms with van der Waals surface area (Å²) in [5, 5.41) is 10.4. The van der Waals surface area contributed by atoms with Gasteiger partial charge in [-0.3, -0.25) is 4.79 Å². The molecule has 0 unspecified atom stereocenters. The van der Waals surface area contributed by atoms with Gasteiger partial charge in [0.15, 0.2) is 11.6 Å². The molecule has 4 aromatic rings. The Bertz CT molecular complexity index is 1280. The Kier molecular flexibility index (Phi) is 7.60. The lowest BCUT2D eigenvalue weighted by molar-refractivity contribution is 0.0932. The van der Waals surface area contributed by atoms with Crippen LogP contribution in [0.5, 0.6) is 0 Å². The molecular formula is C27H25F3N4O. The van der Waals surface area contributed by atoms with Gasteiger partial charge in [-0.15, -0.1) is 0 Å². The summed E-state index contributed by atoms with van der Waals surface area (Å²) in [5.41, 5.74) is 3.09. The molecule has 180 valence electrons. The van der Waals surface area contributed by atoms with E-state index >= 15 is 0 Å². The Morgan fingerprint density at radius 1 is 0.971 bits per heavy atom. The Labute approximate surface area is 200 Å². The van der Waals surface area contributed by atoms with Crippen molar-refractivity contribution in [3.63, 3.8) is 0 Å². The number of rotatable bonds is 10. The van der Waals surface area contributed by atoms with Gasteiger partial charge in [0.05, 0.1) is 17.1 Å². The number of aromatic amines is 1. The molecule has 0 radical (unpaired) electrons. The molecule has 1 amide bonds. The van der Waals surface area contributed by atoms with Crippen molar-refractivity contribution in [1.29, 1.82) is 5.41 Å². The predicted molar refractivity (Wildman–Crippen MR) is 130 cm³/mol. The van der Waals surface area contributed by atoms with E-state index in [4.69, 9.17) is 5.41 Å². The van der Waals surface area contributed by atoms with Gasteiger partial charge in [0.25, 0.3) is 5.91 Å². The van der Waals surface area contributed by atoms with Crippen LogP contribution in [0.15, 0.2) is 66.7 Å². The highest BCUT2D eigenvalue weighted by atomic mass is 19.2. The SMILES string of the molecule is N=C(CF)CCCC[C@H](NC(=O)c1ccc(-c2ccccc2)cc1)c1nc2cc(F)c(F)cc2[nH]1. The normalized spacial score (nSPS) is 12.0. The first kappa shape index (κ1) is 24.2. The number of amides is 1. The number of aromatic nitrogens is 2. The van der Waals surface area contributed by atoms with Crippen LogP contribution in [0.4, 0.5) is 13.2 Å². The highest BCUT2D eigenvalue weighted by molar-refractivity contribution is 5.95. The molecule has 1 aromatic heterocycles. The molecule has 1 heterocycles. The number of unbranched alkanes of at least 4 members (excludes halogenated alkanes) is 1. The zero-order chi connectivity index (χ0) is 24.8. The third-order valence-electron chi connectivity index (χ3n) is 5.81. The van der Waals surface area contributed by atoms with Crippen molar-refractivity contribution in [2.24, 2.45) is 0 Å². The summed E-state index contributed by atoms with van der Waals surface area (Å²) < 4.78 is 39.9. The van der Waals surface area contributed by atoms with Crippen molar-refractivity contribution in [3.05, 3.63) is 89.8 Å². The highest BCUT2D eigenvalue weighted by Crippen LogP contribution is 2.24. The van der Waals surface area contributed by atoms with Gasteiger partial charge in [0, 0.05) is 23.4 Å². The van der Waals surface area contributed by atoms with E-state index in [2.05, 4.69) is 15.3 Å². The number of fused-ring (bicyclic) bond motifs is 1. The number of alkyl halides is 1. The van der Waals surface area contributed by atoms with Gasteiger partial charge in [-0.05, 0) is 42.5 Å². The first-order chi connectivity index (χ1) is 16.9. The molecule has 0 aliphatic carbocycles. The molecule has 0 fully saturated rings. The van der Waals surface area contributed by atoms with Crippen LogP contribution in [0.1, 0.15) is 47.9 Å². The number of imidazole rings is 1. The maximum Gasteiger partial charge on any atom is 0.251 e. The fourth-order valence-electron chi connectivity index (χ4n) is 3.91. The molecule has 1 atom stereocenters. The average molecular weight is 479 g/mol. The largest absolute Gasteiger partial charge is 0.342 e. The molecule has 3 aromatic carbocycles. The van der Waals surface area contributed by atoms with Gasteiger partial charge in [0.1, 0.15) is 12.5 Å². The van der Waals surface area contributed by atoms with Gasteiger partial charge in [-0.2, -0.15) is 0 Å². The molecule has 8 heteroatoms. The Morgan fingerprint density at radius 2 is 1.66 bits per heavy atom. The van der Waals surface area contributed by atoms with Crippen LogP contribution in [0.25, 0.3) is 22.2 Å². The third kappa shape index (κ3) is 5.95. The van der Waals surface area contributed by atoms with Crippen LogP contribution in [-0.2, 0) is 0 Å². The summed E-state index contributed by atoms with van der Waals surface area (Å²) in [4.78, 5) is 20.4. The zero-order valence-corrected chi connectivity index (χ0v) is 19.0. The Hall–Kier alpha value is -3.94. The minimum absolute atomic E-state index is 0.0266. The van der Waals surface area contributed by atoms with E-state index in [1.54, 1.807) is 12.1 Å². The number of nitrogens with one attached hydrogen (secondary N) is 3. The molecule has 0 saturated heterocycles. The summed E-state index contributed by atoms with van der Waals surface area (Å²) in [7, 11) is 0. The molecule has 0 spiro atoms. The van der Waals surface area contributed by atoms with E-state index in [0.29, 0.717) is 42.6 Å². The summed E-state index contributed by atoms with van der Waals surface area (Å²) in [6.07, 6.45) is 1.96. The minimum Gasteiger partial charge on any atom is -0.342 e. The number of nitrogens with zero attached hydrogens (tertiary/aromatic N) is 1. The van der Waals surface area contributed by atoms with Crippen LogP contribution in [0.2, 0.25) is 0 Å². The molecule has 0 aliphatic rings. The van der Waals surface area contributed by atoms with Crippen molar-refractivity contribution in [2.75, 3.05) is 6.67 Å². The molecule has 0 aliphatic heterocycles. The quantitative estimate of drug-likeness (QED) is 0.179. The smallest absolute Gasteiger partial charge is 0.251 e. The number of hydrogen-bond acceptors (Lipinski definition) is 3. The van der Waals surface area contributed by atoms with Crippen molar-refractivity contribution >= 4 is 22.7 Å². The van der Waals surface area contributed by atoms with Gasteiger partial charge < -0.3 is 15.7 Å². The molecule has 0 saturated carbocycles. The Morgan fingerprint density at radius 3 is 2.37 bits per heavy atom. The molecule has 35 heavy (non-hydrogen) atoms. The second-order valence-electron chi connectivity index (χ2n) is 8.36. The maximum absolute atomic E-state index is 13.7. The molecule has 4 rings (SSSR count). The van der Waals surface area contributed by atoms with E-state index in [9.17, 15) is 18.0 Å². The lowest BCUT2D eigenvalue weighted by atomic mass is 10.0. The number of halogens is 3. The minimum atomic E-state index is -1.00. The lowest BCUT2D eigenvalue weighted by Crippen LogP contribution is -2.29. The van der Waals surface area contributed by atoms with Gasteiger partial charge >= 0.3 is 0 Å². The topological polar surface area (TPSA) is 81.6 Å². The van der Waals surface area contributed by atoms with E-state index in [1.165, 1.54) is 0 Å². The molecular weight excluding hydrogens is 453 g/mol. The third-order valence-corrected chi connectivity index (χ3v) is 5.81. The average Bonchev–Trinajstić information content (AvgIpc) is 3.28. The highest BCUT2D eigenvalue weighted by Gasteiger charge is 2.20. The van der Waals surface area contributed by atoms with Crippen molar-refractivity contribution in [2.45, 2.75) is 31.7 Å². The zero-order valence-electron chi connectivity index (χ0n) is 19.0. The van der Waals surface area contributed by atoms with Crippen molar-refractivity contribution < 1.29 is 18.0 Å². The monoisotopic (exact) mass is 478 g/mol. The molecule has 3 N–H and O–H groups in total. The van der Waals surface area contributed by atoms with Gasteiger partial charge in [-0.1, -0.05) is 48.9 Å². The summed E-state index contributed by atoms with van der Waals surface area (Å²) in [6.45, 7) is -0.778. The Balaban J connectivity index is 1.52. The number of benzene rings is 3. The maximum atomic E-state index is 13.7. The fraction of sp³-hybridized carbons (Fsp3) is 0.222. The van der Waals surface area contributed by atoms with E-state index in [1.807, 2.05) is 42.5 Å². The van der Waals surface area contributed by atoms with Crippen molar-refractivity contribution in [1.82, 2.24) is 15.3 Å². The van der Waals surface area contributed by atoms with Crippen LogP contribution >= 0.6 is 0 Å². The van der Waals surface area contributed by atoms with Gasteiger partial charge in [0.2, 0.25) is 0 Å². The molecule has 5 nitrogen and oxygen atoms in total. The first-order valence-corrected chi connectivity index (χ1v) is 11.4. The summed E-state index contributed by atoms with van der Waals surface area (Å²) in [5.74, 6) is -1.93. The number of carbonyl (C=O) groups is 1. The van der Waals surface area contributed by atoms with Crippen LogP contribution in [0, 0.1) is 17.0 Å². The van der Waals surface area contributed by atoms with Crippen molar-refractivity contribution in [3.8, 4) is 11.1 Å². The lowest BCUT2D eigenvalue weighted by Gasteiger charge is -2.17. The summed E-state index contributed by atoms with van der Waals surface area (Å²) >= 11 is 0. The standard InChI is InChI=1S/C27H25F3N4O/c28-16-20(31)8-4-5-9-23(26-32-24-14-21(29)22(30)15-25(24)33-26)34-27(35)19-12-10-18(11-13-19)17-6-2-1-3-7-17/h1-3,6-7,10-15,23,31H,4-5,8-9,16H2,(H,32,33)(H,34,35)/t23-/m0/s1. The molecule has 0 bridgehead atoms. The van der Waals surface area contributed by atoms with Gasteiger partial charge in [-0.25, -0.2) is 18.2 Å². The van der Waals surface area contributed by atoms with E-state index < -0.39 is 24.4 Å². The second kappa shape index (κ2) is 11.0. The first-order valence-electron chi connectivity index (χ1n) is 11.4. The second-order valence-corrected chi connectivity index (χ2v) is 8.36. The fourth-order valence-corrected chi connectivity index (χ4v) is 3.91. The van der Waals surface area contributed by atoms with E-state index in [0.717, 1.165) is 23.3 Å². The number of H-pyrrole nitrogens is 1. The van der Waals surface area contributed by atoms with Crippen LogP contribution < -0.4 is 5.32 Å². The van der Waals surface area contributed by atoms with Crippen LogP contribution in [-0.4, -0.2) is 28.3 Å². The van der Waals surface area contributed by atoms with E-state index in [-0.39, 0.29) is 17.1 Å². The van der Waals surface area contributed by atoms with Crippen LogP contribution in [0.3, 0.4) is 0 Å². The predicted octanol–water partition coefficient (Wildman–Crippen LogP) is 6.53.